The fourth-order valence-electron chi connectivity index (χ4n) is 2.66. The maximum Gasteiger partial charge on any atom is 0.264 e. The maximum atomic E-state index is 13.3. The second-order valence-corrected chi connectivity index (χ2v) is 8.23. The Bertz CT molecular complexity index is 913. The standard InChI is InChI=1S/C20H18Cl2N2O2S/c1-3-16-11-23-20(27-16)24(15-7-4-13(5-8-15)12(2)25)19(26)14-6-9-17(21)18(22)10-14/h4-10,16H,3,11H2,1-2H3. The molecule has 1 aliphatic rings. The first-order chi connectivity index (χ1) is 12.9. The molecule has 0 radical (unpaired) electrons. The van der Waals surface area contributed by atoms with Gasteiger partial charge in [0, 0.05) is 16.4 Å². The van der Waals surface area contributed by atoms with Crippen LogP contribution in [0.3, 0.4) is 0 Å². The molecule has 2 aromatic carbocycles. The van der Waals surface area contributed by atoms with Crippen LogP contribution in [0.15, 0.2) is 47.5 Å². The number of amidine groups is 1. The average molecular weight is 421 g/mol. The van der Waals surface area contributed by atoms with Crippen molar-refractivity contribution in [3.63, 3.8) is 0 Å². The number of halogens is 2. The number of Topliss-reactive ketones (excluding diaryl/α,β-unsaturated/α-hetero) is 1. The van der Waals surface area contributed by atoms with Gasteiger partial charge in [-0.05, 0) is 55.8 Å². The van der Waals surface area contributed by atoms with Crippen LogP contribution >= 0.6 is 35.0 Å². The number of thioether (sulfide) groups is 1. The van der Waals surface area contributed by atoms with Crippen molar-refractivity contribution >= 4 is 57.5 Å². The Hall–Kier alpha value is -1.82. The number of aliphatic imine (C=N–C) groups is 1. The summed E-state index contributed by atoms with van der Waals surface area (Å²) < 4.78 is 0. The summed E-state index contributed by atoms with van der Waals surface area (Å²) in [6.07, 6.45) is 0.968. The third kappa shape index (κ3) is 4.37. The first kappa shape index (κ1) is 19.9. The summed E-state index contributed by atoms with van der Waals surface area (Å²) in [6, 6.07) is 11.7. The van der Waals surface area contributed by atoms with Crippen molar-refractivity contribution in [2.45, 2.75) is 25.5 Å². The number of nitrogens with zero attached hydrogens (tertiary/aromatic N) is 2. The second-order valence-electron chi connectivity index (χ2n) is 6.14. The summed E-state index contributed by atoms with van der Waals surface area (Å²) in [7, 11) is 0. The Kier molecular flexibility index (Phi) is 6.25. The lowest BCUT2D eigenvalue weighted by molar-refractivity contribution is 0.0999. The van der Waals surface area contributed by atoms with E-state index in [1.54, 1.807) is 59.1 Å². The number of ketones is 1. The lowest BCUT2D eigenvalue weighted by Crippen LogP contribution is -2.35. The van der Waals surface area contributed by atoms with Gasteiger partial charge in [0.2, 0.25) is 0 Å². The molecule has 0 spiro atoms. The molecule has 2 aromatic rings. The monoisotopic (exact) mass is 420 g/mol. The Morgan fingerprint density at radius 1 is 1.11 bits per heavy atom. The van der Waals surface area contributed by atoms with Crippen LogP contribution in [0.1, 0.15) is 41.0 Å². The molecule has 0 bridgehead atoms. The molecule has 1 aliphatic heterocycles. The summed E-state index contributed by atoms with van der Waals surface area (Å²) >= 11 is 13.7. The zero-order valence-electron chi connectivity index (χ0n) is 14.9. The molecular weight excluding hydrogens is 403 g/mol. The molecule has 1 atom stereocenters. The topological polar surface area (TPSA) is 49.7 Å². The lowest BCUT2D eigenvalue weighted by atomic mass is 10.1. The van der Waals surface area contributed by atoms with E-state index >= 15 is 0 Å². The molecule has 0 saturated carbocycles. The Morgan fingerprint density at radius 3 is 2.33 bits per heavy atom. The molecule has 27 heavy (non-hydrogen) atoms. The SMILES string of the molecule is CCC1CN=C(N(C(=O)c2ccc(Cl)c(Cl)c2)c2ccc(C(C)=O)cc2)S1. The van der Waals surface area contributed by atoms with Gasteiger partial charge in [0.25, 0.3) is 5.91 Å². The highest BCUT2D eigenvalue weighted by Crippen LogP contribution is 2.31. The van der Waals surface area contributed by atoms with Crippen molar-refractivity contribution in [1.82, 2.24) is 0 Å². The van der Waals surface area contributed by atoms with E-state index in [9.17, 15) is 9.59 Å². The highest BCUT2D eigenvalue weighted by Gasteiger charge is 2.29. The minimum atomic E-state index is -0.243. The van der Waals surface area contributed by atoms with Gasteiger partial charge in [-0.1, -0.05) is 41.9 Å². The summed E-state index contributed by atoms with van der Waals surface area (Å²) in [5, 5.41) is 1.71. The minimum Gasteiger partial charge on any atom is -0.295 e. The number of rotatable bonds is 4. The highest BCUT2D eigenvalue weighted by atomic mass is 35.5. The van der Waals surface area contributed by atoms with Crippen LogP contribution in [0.5, 0.6) is 0 Å². The van der Waals surface area contributed by atoms with E-state index in [1.807, 2.05) is 0 Å². The largest absolute Gasteiger partial charge is 0.295 e. The predicted octanol–water partition coefficient (Wildman–Crippen LogP) is 5.72. The highest BCUT2D eigenvalue weighted by molar-refractivity contribution is 8.15. The predicted molar refractivity (Wildman–Crippen MR) is 114 cm³/mol. The van der Waals surface area contributed by atoms with Crippen molar-refractivity contribution in [1.29, 1.82) is 0 Å². The van der Waals surface area contributed by atoms with Crippen LogP contribution in [0.25, 0.3) is 0 Å². The van der Waals surface area contributed by atoms with E-state index in [0.29, 0.717) is 43.8 Å². The van der Waals surface area contributed by atoms with Gasteiger partial charge in [0.15, 0.2) is 11.0 Å². The third-order valence-electron chi connectivity index (χ3n) is 4.25. The molecule has 0 saturated heterocycles. The molecule has 4 nitrogen and oxygen atoms in total. The summed E-state index contributed by atoms with van der Waals surface area (Å²) in [6.45, 7) is 4.28. The molecule has 3 rings (SSSR count). The fraction of sp³-hybridized carbons (Fsp3) is 0.250. The Morgan fingerprint density at radius 2 is 1.78 bits per heavy atom. The summed E-state index contributed by atoms with van der Waals surface area (Å²) in [4.78, 5) is 31.0. The number of amides is 1. The normalized spacial score (nSPS) is 16.1. The van der Waals surface area contributed by atoms with Crippen molar-refractivity contribution in [2.24, 2.45) is 4.99 Å². The number of anilines is 1. The van der Waals surface area contributed by atoms with Crippen molar-refractivity contribution in [2.75, 3.05) is 11.4 Å². The number of hydrogen-bond acceptors (Lipinski definition) is 4. The van der Waals surface area contributed by atoms with Crippen LogP contribution in [0.4, 0.5) is 5.69 Å². The van der Waals surface area contributed by atoms with Crippen LogP contribution in [-0.4, -0.2) is 28.7 Å². The fourth-order valence-corrected chi connectivity index (χ4v) is 4.01. The zero-order chi connectivity index (χ0) is 19.6. The average Bonchev–Trinajstić information content (AvgIpc) is 3.13. The molecule has 0 aromatic heterocycles. The van der Waals surface area contributed by atoms with Gasteiger partial charge in [-0.2, -0.15) is 0 Å². The smallest absolute Gasteiger partial charge is 0.264 e. The number of carbonyl (C=O) groups excluding carboxylic acids is 2. The number of hydrogen-bond donors (Lipinski definition) is 0. The van der Waals surface area contributed by atoms with Gasteiger partial charge in [-0.15, -0.1) is 0 Å². The van der Waals surface area contributed by atoms with Gasteiger partial charge >= 0.3 is 0 Å². The molecule has 7 heteroatoms. The molecular formula is C20H18Cl2N2O2S. The van der Waals surface area contributed by atoms with Crippen molar-refractivity contribution in [3.8, 4) is 0 Å². The van der Waals surface area contributed by atoms with Gasteiger partial charge in [-0.25, -0.2) is 0 Å². The van der Waals surface area contributed by atoms with Gasteiger partial charge in [0.05, 0.1) is 22.3 Å². The van der Waals surface area contributed by atoms with Gasteiger partial charge in [0.1, 0.15) is 0 Å². The Labute approximate surface area is 172 Å². The Balaban J connectivity index is 2.00. The molecule has 0 fully saturated rings. The molecule has 1 amide bonds. The van der Waals surface area contributed by atoms with Crippen molar-refractivity contribution in [3.05, 3.63) is 63.6 Å². The summed E-state index contributed by atoms with van der Waals surface area (Å²) in [5.41, 5.74) is 1.66. The second kappa shape index (κ2) is 8.46. The van der Waals surface area contributed by atoms with Crippen LogP contribution in [-0.2, 0) is 0 Å². The number of benzene rings is 2. The molecule has 140 valence electrons. The van der Waals surface area contributed by atoms with Crippen molar-refractivity contribution < 1.29 is 9.59 Å². The minimum absolute atomic E-state index is 0.0254. The van der Waals surface area contributed by atoms with Crippen LogP contribution in [0.2, 0.25) is 10.0 Å². The molecule has 1 unspecified atom stereocenters. The van der Waals surface area contributed by atoms with Gasteiger partial charge in [-0.3, -0.25) is 19.5 Å². The van der Waals surface area contributed by atoms with Crippen LogP contribution < -0.4 is 4.90 Å². The molecule has 1 heterocycles. The van der Waals surface area contributed by atoms with E-state index in [1.165, 1.54) is 6.92 Å². The lowest BCUT2D eigenvalue weighted by Gasteiger charge is -2.23. The molecule has 0 N–H and O–H groups in total. The number of carbonyl (C=O) groups is 2. The van der Waals surface area contributed by atoms with Crippen LogP contribution in [0, 0.1) is 0 Å². The van der Waals surface area contributed by atoms with Gasteiger partial charge < -0.3 is 0 Å². The summed E-state index contributed by atoms with van der Waals surface area (Å²) in [5.74, 6) is -0.269. The van der Waals surface area contributed by atoms with E-state index < -0.39 is 0 Å². The first-order valence-corrected chi connectivity index (χ1v) is 10.2. The quantitative estimate of drug-likeness (QED) is 0.593. The first-order valence-electron chi connectivity index (χ1n) is 8.52. The zero-order valence-corrected chi connectivity index (χ0v) is 17.2. The van der Waals surface area contributed by atoms with E-state index in [2.05, 4.69) is 11.9 Å². The third-order valence-corrected chi connectivity index (χ3v) is 6.33. The van der Waals surface area contributed by atoms with E-state index in [4.69, 9.17) is 23.2 Å². The van der Waals surface area contributed by atoms with E-state index in [0.717, 1.165) is 6.42 Å². The maximum absolute atomic E-state index is 13.3. The molecule has 0 aliphatic carbocycles. The van der Waals surface area contributed by atoms with E-state index in [-0.39, 0.29) is 11.7 Å².